The minimum Gasteiger partial charge on any atom is -0.197 e. The summed E-state index contributed by atoms with van der Waals surface area (Å²) in [5, 5.41) is 10.0. The highest BCUT2D eigenvalue weighted by molar-refractivity contribution is 8.00. The lowest BCUT2D eigenvalue weighted by Gasteiger charge is -2.08. The average molecular weight is 267 g/mol. The maximum atomic E-state index is 8.32. The van der Waals surface area contributed by atoms with Gasteiger partial charge in [-0.25, -0.2) is 0 Å². The molecule has 0 amide bonds. The second-order valence-corrected chi connectivity index (χ2v) is 5.36. The topological polar surface area (TPSA) is 23.8 Å². The van der Waals surface area contributed by atoms with Crippen molar-refractivity contribution in [2.24, 2.45) is 0 Å². The van der Waals surface area contributed by atoms with Gasteiger partial charge in [-0.2, -0.15) is 5.26 Å². The van der Waals surface area contributed by atoms with E-state index in [4.69, 9.17) is 17.5 Å². The van der Waals surface area contributed by atoms with Gasteiger partial charge in [-0.15, -0.1) is 11.8 Å². The Kier molecular flexibility index (Phi) is 12.7. The smallest absolute Gasteiger partial charge is 0.0964 e. The molecule has 0 heterocycles. The molecular weight excluding hydrogens is 246 g/mol. The van der Waals surface area contributed by atoms with Gasteiger partial charge in [0.05, 0.1) is 10.8 Å². The van der Waals surface area contributed by atoms with Gasteiger partial charge in [0.25, 0.3) is 0 Å². The van der Waals surface area contributed by atoms with Gasteiger partial charge in [-0.3, -0.25) is 0 Å². The molecule has 0 rings (SSSR count). The Bertz CT molecular complexity index is 320. The summed E-state index contributed by atoms with van der Waals surface area (Å²) in [6.45, 7) is 9.39. The Morgan fingerprint density at radius 3 is 2.35 bits per heavy atom. The summed E-state index contributed by atoms with van der Waals surface area (Å²) in [4.78, 5) is 0. The molecule has 0 saturated carbocycles. The Morgan fingerprint density at radius 2 is 2.12 bits per heavy atom. The van der Waals surface area contributed by atoms with Gasteiger partial charge in [0.1, 0.15) is 0 Å². The van der Waals surface area contributed by atoms with Crippen LogP contribution in [0.3, 0.4) is 0 Å². The summed E-state index contributed by atoms with van der Waals surface area (Å²) in [5.41, 5.74) is 1.13. The van der Waals surface area contributed by atoms with Crippen LogP contribution in [0.4, 0.5) is 0 Å². The first-order valence-corrected chi connectivity index (χ1v) is 7.01. The van der Waals surface area contributed by atoms with E-state index in [1.165, 1.54) is 0 Å². The van der Waals surface area contributed by atoms with E-state index < -0.39 is 0 Å². The van der Waals surface area contributed by atoms with E-state index >= 15 is 0 Å². The van der Waals surface area contributed by atoms with E-state index in [0.717, 1.165) is 12.0 Å². The fraction of sp³-hybridized carbons (Fsp3) is 0.429. The van der Waals surface area contributed by atoms with Gasteiger partial charge in [-0.1, -0.05) is 43.1 Å². The number of rotatable bonds is 5. The van der Waals surface area contributed by atoms with Crippen LogP contribution >= 0.6 is 24.0 Å². The predicted octanol–water partition coefficient (Wildman–Crippen LogP) is 4.72. The van der Waals surface area contributed by atoms with Gasteiger partial charge >= 0.3 is 0 Å². The van der Waals surface area contributed by atoms with Crippen molar-refractivity contribution in [2.75, 3.05) is 6.26 Å². The summed E-state index contributed by atoms with van der Waals surface area (Å²) < 4.78 is -0.194. The molecular formula is C14H21NS2. The molecule has 3 heteroatoms. The number of hydrogen-bond donors (Lipinski definition) is 0. The van der Waals surface area contributed by atoms with Crippen LogP contribution in [0.2, 0.25) is 0 Å². The van der Waals surface area contributed by atoms with Crippen LogP contribution < -0.4 is 0 Å². The maximum absolute atomic E-state index is 8.32. The minimum absolute atomic E-state index is 0.194. The van der Waals surface area contributed by atoms with E-state index in [-0.39, 0.29) is 4.75 Å². The van der Waals surface area contributed by atoms with Gasteiger partial charge in [0.15, 0.2) is 0 Å². The molecule has 0 aliphatic heterocycles. The lowest BCUT2D eigenvalue weighted by molar-refractivity contribution is 0.917. The highest BCUT2D eigenvalue weighted by Crippen LogP contribution is 2.18. The SMILES string of the molecule is C=C/C=C(/C=S)C/C=C\C.CSC(C)(C)C#N. The number of nitrogens with zero attached hydrogens (tertiary/aromatic N) is 1. The molecule has 0 radical (unpaired) electrons. The van der Waals surface area contributed by atoms with Crippen molar-refractivity contribution in [1.29, 1.82) is 5.26 Å². The second-order valence-electron chi connectivity index (χ2n) is 3.69. The van der Waals surface area contributed by atoms with E-state index in [1.54, 1.807) is 23.2 Å². The molecule has 0 N–H and O–H groups in total. The summed E-state index contributed by atoms with van der Waals surface area (Å²) in [6, 6.07) is 2.15. The van der Waals surface area contributed by atoms with Crippen molar-refractivity contribution < 1.29 is 0 Å². The molecule has 0 aliphatic carbocycles. The first kappa shape index (κ1) is 18.5. The van der Waals surface area contributed by atoms with E-state index in [1.807, 2.05) is 39.2 Å². The molecule has 0 fully saturated rings. The van der Waals surface area contributed by atoms with Crippen molar-refractivity contribution in [1.82, 2.24) is 0 Å². The average Bonchev–Trinajstić information content (AvgIpc) is 2.35. The molecule has 0 aliphatic rings. The molecule has 0 aromatic rings. The van der Waals surface area contributed by atoms with Gasteiger partial charge in [0.2, 0.25) is 0 Å². The Hall–Kier alpha value is -0.850. The molecule has 0 bridgehead atoms. The van der Waals surface area contributed by atoms with Crippen LogP contribution in [0.15, 0.2) is 36.5 Å². The molecule has 94 valence electrons. The van der Waals surface area contributed by atoms with Crippen molar-refractivity contribution >= 4 is 29.3 Å². The molecule has 0 saturated heterocycles. The minimum atomic E-state index is -0.194. The standard InChI is InChI=1S/C9H12S.C5H9NS/c1-3-5-7-9(8-10)6-4-2;1-5(2,4-6)7-3/h3-6,8H,2,7H2,1H3;1-3H3/b5-3-,9-6+;. The second kappa shape index (κ2) is 11.6. The third-order valence-electron chi connectivity index (χ3n) is 1.85. The van der Waals surface area contributed by atoms with Crippen LogP contribution in [0, 0.1) is 11.3 Å². The highest BCUT2D eigenvalue weighted by atomic mass is 32.2. The van der Waals surface area contributed by atoms with Crippen LogP contribution in [0.5, 0.6) is 0 Å². The van der Waals surface area contributed by atoms with Crippen molar-refractivity contribution in [3.05, 3.63) is 36.5 Å². The first-order valence-electron chi connectivity index (χ1n) is 5.31. The maximum Gasteiger partial charge on any atom is 0.0964 e. The zero-order valence-corrected chi connectivity index (χ0v) is 12.7. The summed E-state index contributed by atoms with van der Waals surface area (Å²) in [7, 11) is 0. The van der Waals surface area contributed by atoms with Gasteiger partial charge < -0.3 is 0 Å². The fourth-order valence-corrected chi connectivity index (χ4v) is 0.872. The molecule has 0 aromatic heterocycles. The molecule has 0 aromatic carbocycles. The van der Waals surface area contributed by atoms with E-state index in [2.05, 4.69) is 18.7 Å². The Labute approximate surface area is 115 Å². The zero-order valence-electron chi connectivity index (χ0n) is 11.1. The summed E-state index contributed by atoms with van der Waals surface area (Å²) in [5.74, 6) is 0. The lowest BCUT2D eigenvalue weighted by atomic mass is 10.2. The van der Waals surface area contributed by atoms with Crippen molar-refractivity contribution in [2.45, 2.75) is 31.9 Å². The summed E-state index contributed by atoms with van der Waals surface area (Å²) in [6.07, 6.45) is 10.6. The Balaban J connectivity index is 0. The number of thioether (sulfide) groups is 1. The number of thiocarbonyl (C=S) groups is 1. The fourth-order valence-electron chi connectivity index (χ4n) is 0.606. The monoisotopic (exact) mass is 267 g/mol. The Morgan fingerprint density at radius 1 is 1.53 bits per heavy atom. The normalized spacial score (nSPS) is 11.4. The first-order chi connectivity index (χ1) is 7.97. The third-order valence-corrected chi connectivity index (χ3v) is 3.27. The summed E-state index contributed by atoms with van der Waals surface area (Å²) >= 11 is 6.34. The van der Waals surface area contributed by atoms with Crippen molar-refractivity contribution in [3.63, 3.8) is 0 Å². The predicted molar refractivity (Wildman–Crippen MR) is 84.6 cm³/mol. The van der Waals surface area contributed by atoms with Crippen molar-refractivity contribution in [3.8, 4) is 6.07 Å². The molecule has 17 heavy (non-hydrogen) atoms. The molecule has 0 unspecified atom stereocenters. The third kappa shape index (κ3) is 13.1. The molecule has 0 spiro atoms. The molecule has 1 nitrogen and oxygen atoms in total. The largest absolute Gasteiger partial charge is 0.197 e. The van der Waals surface area contributed by atoms with Gasteiger partial charge in [-0.05, 0) is 39.0 Å². The number of allylic oxidation sites excluding steroid dienone is 5. The van der Waals surface area contributed by atoms with Crippen LogP contribution in [0.1, 0.15) is 27.2 Å². The molecule has 0 atom stereocenters. The lowest BCUT2D eigenvalue weighted by Crippen LogP contribution is -2.08. The van der Waals surface area contributed by atoms with Crippen LogP contribution in [0.25, 0.3) is 0 Å². The zero-order chi connectivity index (χ0) is 13.7. The number of nitriles is 1. The van der Waals surface area contributed by atoms with E-state index in [9.17, 15) is 0 Å². The number of hydrogen-bond acceptors (Lipinski definition) is 3. The van der Waals surface area contributed by atoms with E-state index in [0.29, 0.717) is 0 Å². The highest BCUT2D eigenvalue weighted by Gasteiger charge is 2.12. The van der Waals surface area contributed by atoms with Crippen LogP contribution in [-0.4, -0.2) is 16.4 Å². The van der Waals surface area contributed by atoms with Crippen LogP contribution in [-0.2, 0) is 0 Å². The quantitative estimate of drug-likeness (QED) is 0.312. The van der Waals surface area contributed by atoms with Gasteiger partial charge in [0, 0.05) is 5.37 Å².